The van der Waals surface area contributed by atoms with Crippen LogP contribution in [0.1, 0.15) is 28.8 Å². The Balaban J connectivity index is 1.57. The van der Waals surface area contributed by atoms with Crippen molar-refractivity contribution in [2.75, 3.05) is 7.11 Å². The number of benzene rings is 2. The van der Waals surface area contributed by atoms with Crippen LogP contribution < -0.4 is 15.6 Å². The largest absolute Gasteiger partial charge is 0.508 e. The van der Waals surface area contributed by atoms with Gasteiger partial charge in [-0.2, -0.15) is 0 Å². The van der Waals surface area contributed by atoms with Gasteiger partial charge in [0.1, 0.15) is 17.5 Å². The van der Waals surface area contributed by atoms with Crippen molar-refractivity contribution in [2.45, 2.75) is 24.7 Å². The summed E-state index contributed by atoms with van der Waals surface area (Å²) in [6.45, 7) is 0.464. The Morgan fingerprint density at radius 2 is 1.81 bits per heavy atom. The monoisotopic (exact) mass is 416 g/mol. The molecule has 2 aromatic carbocycles. The predicted molar refractivity (Wildman–Crippen MR) is 115 cm³/mol. The number of nitrogens with one attached hydrogen (secondary N) is 2. The van der Waals surface area contributed by atoms with Crippen LogP contribution in [0.2, 0.25) is 0 Å². The van der Waals surface area contributed by atoms with Gasteiger partial charge in [-0.15, -0.1) is 0 Å². The van der Waals surface area contributed by atoms with Crippen LogP contribution in [-0.2, 0) is 11.3 Å². The molecule has 3 aromatic rings. The van der Waals surface area contributed by atoms with Gasteiger partial charge in [-0.1, -0.05) is 36.4 Å². The summed E-state index contributed by atoms with van der Waals surface area (Å²) in [7, 11) is 1.64. The number of phenols is 1. The van der Waals surface area contributed by atoms with Crippen molar-refractivity contribution in [3.8, 4) is 11.5 Å². The zero-order valence-corrected chi connectivity index (χ0v) is 17.1. The number of aromatic nitrogens is 1. The summed E-state index contributed by atoms with van der Waals surface area (Å²) in [5.41, 5.74) is 9.22. The Hall–Kier alpha value is -3.42. The minimum atomic E-state index is -0.395. The SMILES string of the molecule is COc1ccc(C2C3C(NNC3c3ccccc3O)C(=O)N2Cc2cccnc2)cc1. The molecule has 3 N–H and O–H groups in total. The molecule has 158 valence electrons. The fraction of sp³-hybridized carbons (Fsp3) is 0.250. The third-order valence-corrected chi connectivity index (χ3v) is 6.22. The lowest BCUT2D eigenvalue weighted by atomic mass is 9.83. The molecule has 2 aliphatic heterocycles. The summed E-state index contributed by atoms with van der Waals surface area (Å²) in [6.07, 6.45) is 3.52. The van der Waals surface area contributed by atoms with E-state index in [4.69, 9.17) is 4.74 Å². The van der Waals surface area contributed by atoms with Gasteiger partial charge in [0.25, 0.3) is 0 Å². The zero-order valence-electron chi connectivity index (χ0n) is 17.1. The van der Waals surface area contributed by atoms with E-state index in [1.54, 1.807) is 31.6 Å². The first-order valence-electron chi connectivity index (χ1n) is 10.3. The Kier molecular flexibility index (Phi) is 5.05. The highest BCUT2D eigenvalue weighted by molar-refractivity contribution is 5.86. The lowest BCUT2D eigenvalue weighted by Crippen LogP contribution is -2.41. The third kappa shape index (κ3) is 3.41. The van der Waals surface area contributed by atoms with Gasteiger partial charge in [0.15, 0.2) is 0 Å². The van der Waals surface area contributed by atoms with Crippen LogP contribution in [0, 0.1) is 5.92 Å². The van der Waals surface area contributed by atoms with Gasteiger partial charge in [-0.3, -0.25) is 9.78 Å². The fourth-order valence-corrected chi connectivity index (χ4v) is 4.78. The van der Waals surface area contributed by atoms with Crippen LogP contribution in [0.4, 0.5) is 0 Å². The quantitative estimate of drug-likeness (QED) is 0.593. The van der Waals surface area contributed by atoms with Crippen LogP contribution >= 0.6 is 0 Å². The summed E-state index contributed by atoms with van der Waals surface area (Å²) < 4.78 is 5.32. The number of methoxy groups -OCH3 is 1. The molecule has 0 spiro atoms. The van der Waals surface area contributed by atoms with Gasteiger partial charge >= 0.3 is 0 Å². The molecule has 0 aliphatic carbocycles. The topological polar surface area (TPSA) is 86.7 Å². The van der Waals surface area contributed by atoms with Crippen molar-refractivity contribution in [3.05, 3.63) is 89.7 Å². The number of hydrogen-bond acceptors (Lipinski definition) is 6. The lowest BCUT2D eigenvalue weighted by molar-refractivity contribution is -0.131. The van der Waals surface area contributed by atoms with E-state index in [2.05, 4.69) is 15.8 Å². The van der Waals surface area contributed by atoms with Crippen LogP contribution in [0.25, 0.3) is 0 Å². The number of nitrogens with zero attached hydrogens (tertiary/aromatic N) is 2. The number of carbonyl (C=O) groups is 1. The van der Waals surface area contributed by atoms with Gasteiger partial charge in [0.05, 0.1) is 19.2 Å². The summed E-state index contributed by atoms with van der Waals surface area (Å²) in [5.74, 6) is 0.906. The molecule has 1 aromatic heterocycles. The van der Waals surface area contributed by atoms with E-state index in [0.29, 0.717) is 6.54 Å². The standard InChI is InChI=1S/C24H24N4O3/c1-31-17-10-8-16(9-11-17)23-20-21(18-6-2-3-7-19(18)29)26-27-22(20)24(30)28(23)14-15-5-4-12-25-13-15/h2-13,20-23,26-27,29H,14H2,1H3. The van der Waals surface area contributed by atoms with Gasteiger partial charge in [-0.25, -0.2) is 10.9 Å². The number of rotatable bonds is 5. The number of hydrazine groups is 1. The van der Waals surface area contributed by atoms with Crippen molar-refractivity contribution in [1.29, 1.82) is 0 Å². The molecule has 0 radical (unpaired) electrons. The molecule has 4 unspecified atom stereocenters. The van der Waals surface area contributed by atoms with Crippen LogP contribution in [0.15, 0.2) is 73.1 Å². The van der Waals surface area contributed by atoms with E-state index in [1.807, 2.05) is 53.4 Å². The van der Waals surface area contributed by atoms with Crippen LogP contribution in [-0.4, -0.2) is 34.0 Å². The van der Waals surface area contributed by atoms with Gasteiger partial charge in [0.2, 0.25) is 5.91 Å². The first-order chi connectivity index (χ1) is 15.2. The molecule has 1 amide bonds. The number of fused-ring (bicyclic) bond motifs is 1. The Bertz CT molecular complexity index is 1070. The molecule has 31 heavy (non-hydrogen) atoms. The second kappa shape index (κ2) is 8.02. The molecular formula is C24H24N4O3. The van der Waals surface area contributed by atoms with Gasteiger partial charge in [-0.05, 0) is 35.4 Å². The number of ether oxygens (including phenoxy) is 1. The van der Waals surface area contributed by atoms with Gasteiger partial charge < -0.3 is 14.7 Å². The average molecular weight is 416 g/mol. The molecule has 4 atom stereocenters. The molecule has 5 rings (SSSR count). The van der Waals surface area contributed by atoms with Crippen molar-refractivity contribution in [2.24, 2.45) is 5.92 Å². The first kappa shape index (κ1) is 19.5. The molecule has 3 heterocycles. The predicted octanol–water partition coefficient (Wildman–Crippen LogP) is 2.71. The van der Waals surface area contributed by atoms with E-state index < -0.39 is 6.04 Å². The maximum Gasteiger partial charge on any atom is 0.242 e. The lowest BCUT2D eigenvalue weighted by Gasteiger charge is -2.31. The number of amides is 1. The fourth-order valence-electron chi connectivity index (χ4n) is 4.78. The highest BCUT2D eigenvalue weighted by atomic mass is 16.5. The molecule has 2 saturated heterocycles. The number of pyridine rings is 1. The number of carbonyl (C=O) groups excluding carboxylic acids is 1. The summed E-state index contributed by atoms with van der Waals surface area (Å²) in [4.78, 5) is 19.6. The molecule has 0 bridgehead atoms. The molecule has 0 saturated carbocycles. The van der Waals surface area contributed by atoms with Gasteiger partial charge in [0, 0.05) is 30.4 Å². The normalized spacial score (nSPS) is 24.9. The van der Waals surface area contributed by atoms with E-state index in [-0.39, 0.29) is 29.7 Å². The molecule has 7 heteroatoms. The number of aromatic hydroxyl groups is 1. The first-order valence-corrected chi connectivity index (χ1v) is 10.3. The van der Waals surface area contributed by atoms with Crippen molar-refractivity contribution in [3.63, 3.8) is 0 Å². The van der Waals surface area contributed by atoms with Crippen molar-refractivity contribution in [1.82, 2.24) is 20.7 Å². The summed E-state index contributed by atoms with van der Waals surface area (Å²) >= 11 is 0. The van der Waals surface area contributed by atoms with E-state index >= 15 is 0 Å². The van der Waals surface area contributed by atoms with Crippen LogP contribution in [0.3, 0.4) is 0 Å². The molecule has 7 nitrogen and oxygen atoms in total. The van der Waals surface area contributed by atoms with E-state index in [1.165, 1.54) is 0 Å². The van der Waals surface area contributed by atoms with Crippen LogP contribution in [0.5, 0.6) is 11.5 Å². The van der Waals surface area contributed by atoms with Crippen molar-refractivity contribution >= 4 is 5.91 Å². The summed E-state index contributed by atoms with van der Waals surface area (Å²) in [5, 5.41) is 10.5. The highest BCUT2D eigenvalue weighted by Crippen LogP contribution is 2.49. The molecule has 2 fully saturated rings. The number of phenolic OH excluding ortho intramolecular Hbond substituents is 1. The Morgan fingerprint density at radius 1 is 1.03 bits per heavy atom. The van der Waals surface area contributed by atoms with E-state index in [9.17, 15) is 9.90 Å². The number of likely N-dealkylation sites (tertiary alicyclic amines) is 1. The highest BCUT2D eigenvalue weighted by Gasteiger charge is 2.55. The zero-order chi connectivity index (χ0) is 21.4. The maximum atomic E-state index is 13.5. The second-order valence-electron chi connectivity index (χ2n) is 7.93. The summed E-state index contributed by atoms with van der Waals surface area (Å²) in [6, 6.07) is 18.2. The van der Waals surface area contributed by atoms with E-state index in [0.717, 1.165) is 22.4 Å². The second-order valence-corrected chi connectivity index (χ2v) is 7.93. The number of para-hydroxylation sites is 1. The van der Waals surface area contributed by atoms with Crippen molar-refractivity contribution < 1.29 is 14.6 Å². The third-order valence-electron chi connectivity index (χ3n) is 6.22. The Morgan fingerprint density at radius 3 is 2.52 bits per heavy atom. The number of hydrogen-bond donors (Lipinski definition) is 3. The Labute approximate surface area is 180 Å². The minimum Gasteiger partial charge on any atom is -0.508 e. The smallest absolute Gasteiger partial charge is 0.242 e. The maximum absolute atomic E-state index is 13.5. The molecule has 2 aliphatic rings. The average Bonchev–Trinajstić information content (AvgIpc) is 3.34. The molecular weight excluding hydrogens is 392 g/mol. The minimum absolute atomic E-state index is 0.0279.